The molecule has 6 heteroatoms. The van der Waals surface area contributed by atoms with Crippen LogP contribution < -0.4 is 0 Å². The largest absolute Gasteiger partial charge is 0.454 e. The molecule has 0 N–H and O–H groups in total. The highest BCUT2D eigenvalue weighted by molar-refractivity contribution is 6.21. The molecule has 63 heavy (non-hydrogen) atoms. The molecule has 13 aromatic rings. The zero-order chi connectivity index (χ0) is 71.9. The molecular formula is C57H35N5O. The second-order valence-electron chi connectivity index (χ2n) is 13.3. The van der Waals surface area contributed by atoms with Crippen LogP contribution in [0.3, 0.4) is 0 Å². The van der Waals surface area contributed by atoms with Crippen LogP contribution in [0.15, 0.2) is 216 Å². The summed E-state index contributed by atoms with van der Waals surface area (Å²) in [6.45, 7) is 0. The smallest absolute Gasteiger partial charge is 0.238 e. The Bertz CT molecular complexity index is 5900. The van der Waals surface area contributed by atoms with Crippen LogP contribution in [0.4, 0.5) is 0 Å². The maximum Gasteiger partial charge on any atom is 0.238 e. The quantitative estimate of drug-likeness (QED) is 0.167. The third kappa shape index (κ3) is 5.55. The highest BCUT2D eigenvalue weighted by Crippen LogP contribution is 2.44. The molecule has 9 aromatic carbocycles. The van der Waals surface area contributed by atoms with Crippen LogP contribution in [0.1, 0.15) is 48.0 Å². The van der Waals surface area contributed by atoms with Crippen LogP contribution in [0.2, 0.25) is 0 Å². The molecule has 0 aliphatic carbocycles. The number of furan rings is 1. The van der Waals surface area contributed by atoms with E-state index in [0.717, 1.165) is 4.57 Å². The number of fused-ring (bicyclic) bond motifs is 9. The third-order valence-electron chi connectivity index (χ3n) is 9.91. The number of nitrogens with zero attached hydrogens (tertiary/aromatic N) is 5. The molecule has 0 spiro atoms. The number of para-hydroxylation sites is 3. The van der Waals surface area contributed by atoms with Crippen molar-refractivity contribution in [1.29, 1.82) is 0 Å². The lowest BCUT2D eigenvalue weighted by Gasteiger charge is -2.13. The first-order chi connectivity index (χ1) is 45.8. The number of hydrogen-bond acceptors (Lipinski definition) is 4. The molecule has 0 fully saturated rings. The summed E-state index contributed by atoms with van der Waals surface area (Å²) in [5.41, 5.74) is -10.5. The van der Waals surface area contributed by atoms with Gasteiger partial charge < -0.3 is 8.98 Å². The molecule has 0 bridgehead atoms. The van der Waals surface area contributed by atoms with Crippen molar-refractivity contribution in [2.24, 2.45) is 0 Å². The predicted molar refractivity (Wildman–Crippen MR) is 258 cm³/mol. The minimum atomic E-state index is -1.13. The Balaban J connectivity index is 1.29. The van der Waals surface area contributed by atoms with E-state index in [2.05, 4.69) is 15.0 Å². The summed E-state index contributed by atoms with van der Waals surface area (Å²) in [6, 6.07) is -34.7. The SMILES string of the molecule is [2H]c1c([2H])c([2H])c(-c2nc(-c3c([2H])c([2H])c(-c4c([2H])c([2H])c([2H])c([2H])c4[2H])c([2H])c3[2H])nc(-n3c4c([2H])c([2H])c([2H])c([2H])c4c4c([2H])c5c6c([2H])c([2H])c([2H])c([2H])c6n(-c6c([2H])c([2H])c(-c7c([2H])c([2H])c([2H])c([2H])c7[2H])c7c6oc6c([2H])c([2H])c([2H])c([2H])c67)c5c([2H])c43)n2)c([2H])c1[2H]. The van der Waals surface area contributed by atoms with Gasteiger partial charge in [0.05, 0.1) is 75.7 Å². The maximum absolute atomic E-state index is 10.6. The molecule has 13 rings (SSSR count). The zero-order valence-electron chi connectivity index (χ0n) is 66.1. The Kier molecular flexibility index (Phi) is 3.35. The summed E-state index contributed by atoms with van der Waals surface area (Å²) in [6.07, 6.45) is 0. The molecule has 0 amide bonds. The summed E-state index contributed by atoms with van der Waals surface area (Å²) in [5.74, 6) is -3.05. The maximum atomic E-state index is 10.6. The molecular weight excluding hydrogens is 771 g/mol. The Morgan fingerprint density at radius 3 is 1.52 bits per heavy atom. The van der Waals surface area contributed by atoms with E-state index in [0.29, 0.717) is 4.57 Å². The summed E-state index contributed by atoms with van der Waals surface area (Å²) < 4.78 is 325. The summed E-state index contributed by atoms with van der Waals surface area (Å²) in [4.78, 5) is 13.4. The van der Waals surface area contributed by atoms with Crippen LogP contribution in [-0.2, 0) is 0 Å². The number of rotatable bonds is 6. The van der Waals surface area contributed by atoms with Gasteiger partial charge in [0.2, 0.25) is 5.95 Å². The van der Waals surface area contributed by atoms with Crippen LogP contribution >= 0.6 is 0 Å². The standard InChI is InChI=1S/C57H35N5O/c1-4-16-36(17-5-1)37-28-30-40(31-29-37)56-58-55(39-20-8-3-9-21-39)59-57(60-56)62-48-26-14-11-23-43(48)46-34-45-42-22-10-13-25-47(42)61(50(45)35-51(46)62)49-33-32-41(38-18-6-2-7-19-38)53-44-24-12-15-27-52(44)63-54(49)53/h1-35H/i1D,2D,3D,4D,5D,6D,7D,8D,9D,10D,11D,12D,13D,14D,15D,16D,17D,18D,19D,20D,21D,22D,23D,24D,25D,26D,27D,28D,29D,30D,31D,32D,33D,34D,35D. The van der Waals surface area contributed by atoms with Crippen molar-refractivity contribution < 1.29 is 52.4 Å². The van der Waals surface area contributed by atoms with E-state index in [4.69, 9.17) is 34.6 Å². The fraction of sp³-hybridized carbons (Fsp3) is 0. The molecule has 0 saturated carbocycles. The molecule has 0 aliphatic rings. The molecule has 0 atom stereocenters. The van der Waals surface area contributed by atoms with E-state index in [-0.39, 0.29) is 0 Å². The fourth-order valence-electron chi connectivity index (χ4n) is 7.29. The predicted octanol–water partition coefficient (Wildman–Crippen LogP) is 14.6. The molecule has 4 heterocycles. The average Bonchev–Trinajstić information content (AvgIpc) is 1.51. The van der Waals surface area contributed by atoms with Gasteiger partial charge in [-0.2, -0.15) is 9.97 Å². The number of aromatic nitrogens is 5. The van der Waals surface area contributed by atoms with Crippen LogP contribution in [0, 0.1) is 0 Å². The van der Waals surface area contributed by atoms with Crippen LogP contribution in [0.25, 0.3) is 122 Å². The number of hydrogen-bond donors (Lipinski definition) is 0. The Morgan fingerprint density at radius 2 is 0.857 bits per heavy atom. The highest BCUT2D eigenvalue weighted by Gasteiger charge is 2.24. The van der Waals surface area contributed by atoms with Gasteiger partial charge in [0.25, 0.3) is 0 Å². The topological polar surface area (TPSA) is 61.7 Å². The second kappa shape index (κ2) is 14.0. The Morgan fingerprint density at radius 1 is 0.365 bits per heavy atom. The van der Waals surface area contributed by atoms with Crippen molar-refractivity contribution in [2.45, 2.75) is 0 Å². The molecule has 0 saturated heterocycles. The van der Waals surface area contributed by atoms with Gasteiger partial charge in [-0.05, 0) is 58.5 Å². The van der Waals surface area contributed by atoms with Crippen molar-refractivity contribution in [3.63, 3.8) is 0 Å². The summed E-state index contributed by atoms with van der Waals surface area (Å²) >= 11 is 0. The van der Waals surface area contributed by atoms with E-state index in [9.17, 15) is 17.8 Å². The lowest BCUT2D eigenvalue weighted by Crippen LogP contribution is -2.06. The van der Waals surface area contributed by atoms with E-state index in [1.54, 1.807) is 0 Å². The van der Waals surface area contributed by atoms with Gasteiger partial charge in [-0.1, -0.05) is 175 Å². The molecule has 0 aliphatic heterocycles. The van der Waals surface area contributed by atoms with Crippen LogP contribution in [-0.4, -0.2) is 24.1 Å². The van der Waals surface area contributed by atoms with Gasteiger partial charge in [-0.15, -0.1) is 0 Å². The first kappa shape index (κ1) is 15.1. The van der Waals surface area contributed by atoms with Crippen molar-refractivity contribution in [3.8, 4) is 56.7 Å². The average molecular weight is 841 g/mol. The van der Waals surface area contributed by atoms with E-state index in [1.807, 2.05) is 0 Å². The summed E-state index contributed by atoms with van der Waals surface area (Å²) in [5, 5.41) is -3.97. The molecule has 6 nitrogen and oxygen atoms in total. The fourth-order valence-corrected chi connectivity index (χ4v) is 7.29. The van der Waals surface area contributed by atoms with Crippen molar-refractivity contribution >= 4 is 65.6 Å². The normalized spacial score (nSPS) is 19.6. The number of benzene rings is 9. The van der Waals surface area contributed by atoms with Gasteiger partial charge in [-0.25, -0.2) is 4.98 Å². The minimum absolute atomic E-state index is 0.616. The monoisotopic (exact) mass is 841 g/mol. The summed E-state index contributed by atoms with van der Waals surface area (Å²) in [7, 11) is 0. The highest BCUT2D eigenvalue weighted by atomic mass is 16.3. The van der Waals surface area contributed by atoms with Gasteiger partial charge in [0, 0.05) is 43.4 Å². The van der Waals surface area contributed by atoms with Crippen molar-refractivity contribution in [1.82, 2.24) is 24.1 Å². The molecule has 0 radical (unpaired) electrons. The van der Waals surface area contributed by atoms with Gasteiger partial charge in [0.1, 0.15) is 5.58 Å². The van der Waals surface area contributed by atoms with Crippen LogP contribution in [0.5, 0.6) is 0 Å². The Labute approximate surface area is 410 Å². The lowest BCUT2D eigenvalue weighted by molar-refractivity contribution is 0.666. The third-order valence-corrected chi connectivity index (χ3v) is 9.91. The van der Waals surface area contributed by atoms with E-state index in [1.165, 1.54) is 0 Å². The van der Waals surface area contributed by atoms with Gasteiger partial charge >= 0.3 is 0 Å². The van der Waals surface area contributed by atoms with Gasteiger partial charge in [0.15, 0.2) is 17.2 Å². The first-order valence-electron chi connectivity index (χ1n) is 35.8. The molecule has 4 aromatic heterocycles. The van der Waals surface area contributed by atoms with Crippen molar-refractivity contribution in [2.75, 3.05) is 0 Å². The van der Waals surface area contributed by atoms with E-state index < -0.39 is 334 Å². The Hall–Kier alpha value is -8.61. The second-order valence-corrected chi connectivity index (χ2v) is 13.3. The first-order valence-corrected chi connectivity index (χ1v) is 18.3. The van der Waals surface area contributed by atoms with Crippen molar-refractivity contribution in [3.05, 3.63) is 211 Å². The van der Waals surface area contributed by atoms with Gasteiger partial charge in [-0.3, -0.25) is 4.57 Å². The zero-order valence-corrected chi connectivity index (χ0v) is 31.1. The lowest BCUT2D eigenvalue weighted by atomic mass is 9.98. The molecule has 0 unspecified atom stereocenters. The molecule has 294 valence electrons. The van der Waals surface area contributed by atoms with E-state index >= 15 is 0 Å². The minimum Gasteiger partial charge on any atom is -0.454 e.